The molecule has 29 heavy (non-hydrogen) atoms. The molecule has 2 aromatic heterocycles. The number of esters is 1. The summed E-state index contributed by atoms with van der Waals surface area (Å²) >= 11 is 1.50. The van der Waals surface area contributed by atoms with Crippen LogP contribution in [-0.2, 0) is 22.4 Å². The highest BCUT2D eigenvalue weighted by Crippen LogP contribution is 2.29. The number of ether oxygens (including phenoxy) is 1. The van der Waals surface area contributed by atoms with Crippen LogP contribution >= 0.6 is 11.3 Å². The zero-order chi connectivity index (χ0) is 20.4. The Morgan fingerprint density at radius 1 is 1.24 bits per heavy atom. The van der Waals surface area contributed by atoms with Gasteiger partial charge in [-0.05, 0) is 49.8 Å². The lowest BCUT2D eigenvalue weighted by atomic mass is 10.1. The second-order valence-corrected chi connectivity index (χ2v) is 8.18. The summed E-state index contributed by atoms with van der Waals surface area (Å²) in [6, 6.07) is 11.5. The first-order valence-corrected chi connectivity index (χ1v) is 10.5. The molecule has 1 amide bonds. The molecule has 1 aliphatic rings. The van der Waals surface area contributed by atoms with E-state index in [0.717, 1.165) is 41.1 Å². The number of amides is 1. The van der Waals surface area contributed by atoms with E-state index in [1.54, 1.807) is 0 Å². The molecule has 0 spiro atoms. The molecule has 3 aromatic rings. The van der Waals surface area contributed by atoms with Crippen LogP contribution < -0.4 is 5.32 Å². The first kappa shape index (κ1) is 19.4. The molecule has 0 aliphatic heterocycles. The Bertz CT molecular complexity index is 1020. The lowest BCUT2D eigenvalue weighted by Crippen LogP contribution is -2.31. The molecule has 7 heteroatoms. The molecule has 150 valence electrons. The van der Waals surface area contributed by atoms with Gasteiger partial charge < -0.3 is 10.1 Å². The van der Waals surface area contributed by atoms with E-state index < -0.39 is 6.04 Å². The van der Waals surface area contributed by atoms with E-state index in [1.807, 2.05) is 53.4 Å². The summed E-state index contributed by atoms with van der Waals surface area (Å²) in [5.41, 5.74) is 4.68. The highest BCUT2D eigenvalue weighted by atomic mass is 32.1. The standard InChI is InChI=1S/C22H23N3O3S/c1-14-8-10-15(11-9-14)25-18-6-3-5-16(18)21(24-25)22(27)23-17(13-20(26)28-2)19-7-4-12-29-19/h4,7-12,17H,3,5-6,13H2,1-2H3,(H,23,27). The van der Waals surface area contributed by atoms with E-state index in [4.69, 9.17) is 4.74 Å². The number of carbonyl (C=O) groups excluding carboxylic acids is 2. The number of nitrogens with zero attached hydrogens (tertiary/aromatic N) is 2. The monoisotopic (exact) mass is 409 g/mol. The maximum absolute atomic E-state index is 13.1. The van der Waals surface area contributed by atoms with Gasteiger partial charge in [-0.15, -0.1) is 11.3 Å². The third-order valence-corrected chi connectivity index (χ3v) is 6.20. The normalized spacial score (nSPS) is 13.7. The lowest BCUT2D eigenvalue weighted by Gasteiger charge is -2.16. The molecule has 4 rings (SSSR count). The van der Waals surface area contributed by atoms with E-state index in [2.05, 4.69) is 10.4 Å². The predicted molar refractivity (Wildman–Crippen MR) is 111 cm³/mol. The highest BCUT2D eigenvalue weighted by molar-refractivity contribution is 7.10. The molecule has 1 unspecified atom stereocenters. The zero-order valence-electron chi connectivity index (χ0n) is 16.5. The fourth-order valence-electron chi connectivity index (χ4n) is 3.71. The van der Waals surface area contributed by atoms with Crippen molar-refractivity contribution in [2.24, 2.45) is 0 Å². The van der Waals surface area contributed by atoms with E-state index >= 15 is 0 Å². The van der Waals surface area contributed by atoms with Crippen molar-refractivity contribution < 1.29 is 14.3 Å². The minimum absolute atomic E-state index is 0.0869. The number of aromatic nitrogens is 2. The van der Waals surface area contributed by atoms with Gasteiger partial charge in [0.05, 0.1) is 25.3 Å². The summed E-state index contributed by atoms with van der Waals surface area (Å²) in [6.07, 6.45) is 2.84. The van der Waals surface area contributed by atoms with Gasteiger partial charge in [-0.25, -0.2) is 4.68 Å². The number of thiophene rings is 1. The second kappa shape index (κ2) is 8.21. The Morgan fingerprint density at radius 2 is 2.03 bits per heavy atom. The molecular formula is C22H23N3O3S. The Balaban J connectivity index is 1.64. The van der Waals surface area contributed by atoms with Crippen LogP contribution in [0.4, 0.5) is 0 Å². The summed E-state index contributed by atoms with van der Waals surface area (Å²) in [6.45, 7) is 2.04. The van der Waals surface area contributed by atoms with Crippen molar-refractivity contribution in [1.82, 2.24) is 15.1 Å². The van der Waals surface area contributed by atoms with Gasteiger partial charge in [0, 0.05) is 16.1 Å². The topological polar surface area (TPSA) is 73.2 Å². The molecule has 1 atom stereocenters. The van der Waals surface area contributed by atoms with Crippen LogP contribution in [-0.4, -0.2) is 28.8 Å². The summed E-state index contributed by atoms with van der Waals surface area (Å²) in [5.74, 6) is -0.615. The van der Waals surface area contributed by atoms with Gasteiger partial charge in [-0.1, -0.05) is 23.8 Å². The van der Waals surface area contributed by atoms with Crippen LogP contribution in [0.1, 0.15) is 51.1 Å². The van der Waals surface area contributed by atoms with Crippen LogP contribution in [0.25, 0.3) is 5.69 Å². The maximum Gasteiger partial charge on any atom is 0.307 e. The Hall–Kier alpha value is -2.93. The molecule has 1 aliphatic carbocycles. The van der Waals surface area contributed by atoms with E-state index in [-0.39, 0.29) is 18.3 Å². The molecule has 0 saturated heterocycles. The Morgan fingerprint density at radius 3 is 2.72 bits per heavy atom. The Kier molecular flexibility index (Phi) is 5.49. The molecule has 1 N–H and O–H groups in total. The zero-order valence-corrected chi connectivity index (χ0v) is 17.3. The van der Waals surface area contributed by atoms with Gasteiger partial charge in [0.2, 0.25) is 0 Å². The smallest absolute Gasteiger partial charge is 0.307 e. The first-order valence-electron chi connectivity index (χ1n) is 9.65. The van der Waals surface area contributed by atoms with Crippen LogP contribution in [0, 0.1) is 6.92 Å². The van der Waals surface area contributed by atoms with Crippen molar-refractivity contribution in [3.05, 3.63) is 69.2 Å². The quantitative estimate of drug-likeness (QED) is 0.629. The highest BCUT2D eigenvalue weighted by Gasteiger charge is 2.29. The Labute approximate surface area is 173 Å². The summed E-state index contributed by atoms with van der Waals surface area (Å²) in [4.78, 5) is 25.9. The van der Waals surface area contributed by atoms with Gasteiger partial charge >= 0.3 is 5.97 Å². The van der Waals surface area contributed by atoms with Gasteiger partial charge in [-0.3, -0.25) is 9.59 Å². The van der Waals surface area contributed by atoms with Gasteiger partial charge in [0.1, 0.15) is 0 Å². The van der Waals surface area contributed by atoms with E-state index in [9.17, 15) is 9.59 Å². The van der Waals surface area contributed by atoms with E-state index in [1.165, 1.54) is 24.0 Å². The molecule has 6 nitrogen and oxygen atoms in total. The third-order valence-electron chi connectivity index (χ3n) is 5.21. The third kappa shape index (κ3) is 3.96. The number of rotatable bonds is 6. The van der Waals surface area contributed by atoms with Crippen molar-refractivity contribution in [3.63, 3.8) is 0 Å². The van der Waals surface area contributed by atoms with Crippen LogP contribution in [0.2, 0.25) is 0 Å². The number of nitrogens with one attached hydrogen (secondary N) is 1. The van der Waals surface area contributed by atoms with Crippen molar-refractivity contribution in [1.29, 1.82) is 0 Å². The molecule has 0 radical (unpaired) electrons. The molecule has 1 aromatic carbocycles. The van der Waals surface area contributed by atoms with Crippen LogP contribution in [0.15, 0.2) is 41.8 Å². The minimum Gasteiger partial charge on any atom is -0.469 e. The number of methoxy groups -OCH3 is 1. The fraction of sp³-hybridized carbons (Fsp3) is 0.318. The second-order valence-electron chi connectivity index (χ2n) is 7.20. The van der Waals surface area contributed by atoms with Gasteiger partial charge in [-0.2, -0.15) is 5.10 Å². The first-order chi connectivity index (χ1) is 14.1. The van der Waals surface area contributed by atoms with Crippen molar-refractivity contribution in [2.45, 2.75) is 38.6 Å². The minimum atomic E-state index is -0.434. The SMILES string of the molecule is COC(=O)CC(NC(=O)c1nn(-c2ccc(C)cc2)c2c1CCC2)c1cccs1. The molecule has 0 bridgehead atoms. The number of carbonyl (C=O) groups is 2. The average Bonchev–Trinajstić information content (AvgIpc) is 3.45. The van der Waals surface area contributed by atoms with Crippen molar-refractivity contribution in [3.8, 4) is 5.69 Å². The molecular weight excluding hydrogens is 386 g/mol. The summed E-state index contributed by atoms with van der Waals surface area (Å²) in [7, 11) is 1.35. The fourth-order valence-corrected chi connectivity index (χ4v) is 4.49. The lowest BCUT2D eigenvalue weighted by molar-refractivity contribution is -0.141. The number of hydrogen-bond donors (Lipinski definition) is 1. The number of hydrogen-bond acceptors (Lipinski definition) is 5. The van der Waals surface area contributed by atoms with Gasteiger partial charge in [0.25, 0.3) is 5.91 Å². The van der Waals surface area contributed by atoms with Crippen LogP contribution in [0.3, 0.4) is 0 Å². The number of benzene rings is 1. The molecule has 0 saturated carbocycles. The van der Waals surface area contributed by atoms with Crippen molar-refractivity contribution in [2.75, 3.05) is 7.11 Å². The maximum atomic E-state index is 13.1. The molecule has 2 heterocycles. The molecule has 0 fully saturated rings. The predicted octanol–water partition coefficient (Wildman–Crippen LogP) is 3.77. The number of aryl methyl sites for hydroxylation is 1. The summed E-state index contributed by atoms with van der Waals surface area (Å²) in [5, 5.41) is 9.58. The van der Waals surface area contributed by atoms with Crippen LogP contribution in [0.5, 0.6) is 0 Å². The van der Waals surface area contributed by atoms with Gasteiger partial charge in [0.15, 0.2) is 5.69 Å². The van der Waals surface area contributed by atoms with E-state index in [0.29, 0.717) is 5.69 Å². The summed E-state index contributed by atoms with van der Waals surface area (Å²) < 4.78 is 6.69. The largest absolute Gasteiger partial charge is 0.469 e. The van der Waals surface area contributed by atoms with Crippen molar-refractivity contribution >= 4 is 23.2 Å². The average molecular weight is 410 g/mol. The number of fused-ring (bicyclic) bond motifs is 1.